The van der Waals surface area contributed by atoms with E-state index in [9.17, 15) is 13.2 Å². The first-order valence-corrected chi connectivity index (χ1v) is 12.1. The normalized spacial score (nSPS) is 15.3. The van der Waals surface area contributed by atoms with Gasteiger partial charge in [0.2, 0.25) is 15.9 Å². The minimum atomic E-state index is -3.43. The molecule has 1 aromatic carbocycles. The quantitative estimate of drug-likeness (QED) is 0.558. The third-order valence-corrected chi connectivity index (χ3v) is 7.45. The number of aryl methyl sites for hydroxylation is 3. The van der Waals surface area contributed by atoms with Crippen LogP contribution in [0.4, 0.5) is 0 Å². The Kier molecular flexibility index (Phi) is 6.16. The van der Waals surface area contributed by atoms with Gasteiger partial charge in [0.05, 0.1) is 11.1 Å². The second-order valence-corrected chi connectivity index (χ2v) is 9.99. The Morgan fingerprint density at radius 3 is 2.47 bits per heavy atom. The summed E-state index contributed by atoms with van der Waals surface area (Å²) in [6, 6.07) is 11.1. The second-order valence-electron chi connectivity index (χ2n) is 8.02. The number of carbonyl (C=O) groups is 1. The van der Waals surface area contributed by atoms with Crippen LogP contribution in [0.3, 0.4) is 0 Å². The van der Waals surface area contributed by atoms with Gasteiger partial charge in [-0.2, -0.15) is 4.31 Å². The molecule has 1 aliphatic heterocycles. The summed E-state index contributed by atoms with van der Waals surface area (Å²) in [6.45, 7) is 4.94. The van der Waals surface area contributed by atoms with Crippen LogP contribution in [0.15, 0.2) is 36.4 Å². The number of ether oxygens (including phenoxy) is 1. The van der Waals surface area contributed by atoms with Crippen LogP contribution in [0, 0.1) is 13.8 Å². The van der Waals surface area contributed by atoms with E-state index in [-0.39, 0.29) is 31.4 Å². The molecule has 9 nitrogen and oxygen atoms in total. The van der Waals surface area contributed by atoms with Crippen molar-refractivity contribution in [3.05, 3.63) is 53.2 Å². The predicted octanol–water partition coefficient (Wildman–Crippen LogP) is 1.64. The highest BCUT2D eigenvalue weighted by molar-refractivity contribution is 7.88. The van der Waals surface area contributed by atoms with Crippen LogP contribution in [0.25, 0.3) is 11.0 Å². The first-order valence-electron chi connectivity index (χ1n) is 10.5. The topological polar surface area (TPSA) is 97.6 Å². The largest absolute Gasteiger partial charge is 0.466 e. The number of carbonyl (C=O) groups excluding carboxylic acids is 1. The number of aromatic nitrogens is 3. The predicted molar refractivity (Wildman–Crippen MR) is 121 cm³/mol. The van der Waals surface area contributed by atoms with Crippen LogP contribution >= 0.6 is 0 Å². The first kappa shape index (κ1) is 22.2. The molecule has 0 spiro atoms. The SMILES string of the molecule is Cc1cc(C)c2c(OCC(=O)N3CCN(S(=O)(=O)Cc4ccccc4)CC3)nn(C)c2n1. The van der Waals surface area contributed by atoms with Gasteiger partial charge in [0, 0.05) is 38.9 Å². The lowest BCUT2D eigenvalue weighted by molar-refractivity contribution is -0.134. The van der Waals surface area contributed by atoms with Crippen molar-refractivity contribution < 1.29 is 17.9 Å². The van der Waals surface area contributed by atoms with Crippen LogP contribution in [0.2, 0.25) is 0 Å². The lowest BCUT2D eigenvalue weighted by Gasteiger charge is -2.34. The minimum absolute atomic E-state index is 0.0372. The third-order valence-electron chi connectivity index (χ3n) is 5.60. The molecule has 3 aromatic rings. The standard InChI is InChI=1S/C22H27N5O4S/c1-16-13-17(2)23-21-20(16)22(24-25(21)3)31-14-19(28)26-9-11-27(12-10-26)32(29,30)15-18-7-5-4-6-8-18/h4-8,13H,9-12,14-15H2,1-3H3. The van der Waals surface area contributed by atoms with Gasteiger partial charge in [0.15, 0.2) is 12.3 Å². The van der Waals surface area contributed by atoms with E-state index in [1.54, 1.807) is 28.8 Å². The average molecular weight is 458 g/mol. The second kappa shape index (κ2) is 8.87. The van der Waals surface area contributed by atoms with Crippen molar-refractivity contribution in [2.75, 3.05) is 32.8 Å². The zero-order chi connectivity index (χ0) is 22.9. The lowest BCUT2D eigenvalue weighted by atomic mass is 10.2. The molecule has 0 saturated carbocycles. The number of fused-ring (bicyclic) bond motifs is 1. The highest BCUT2D eigenvalue weighted by Gasteiger charge is 2.29. The number of sulfonamides is 1. The van der Waals surface area contributed by atoms with Crippen LogP contribution in [-0.4, -0.2) is 71.1 Å². The number of nitrogens with zero attached hydrogens (tertiary/aromatic N) is 5. The maximum atomic E-state index is 12.7. The Balaban J connectivity index is 1.35. The van der Waals surface area contributed by atoms with Gasteiger partial charge in [-0.1, -0.05) is 30.3 Å². The van der Waals surface area contributed by atoms with Crippen LogP contribution in [0.1, 0.15) is 16.8 Å². The Morgan fingerprint density at radius 1 is 1.09 bits per heavy atom. The molecule has 10 heteroatoms. The molecule has 1 amide bonds. The smallest absolute Gasteiger partial charge is 0.260 e. The molecule has 0 N–H and O–H groups in total. The van der Waals surface area contributed by atoms with Crippen LogP contribution < -0.4 is 4.74 Å². The van der Waals surface area contributed by atoms with E-state index in [1.807, 2.05) is 38.1 Å². The van der Waals surface area contributed by atoms with Gasteiger partial charge in [-0.15, -0.1) is 5.10 Å². The monoisotopic (exact) mass is 457 g/mol. The first-order chi connectivity index (χ1) is 15.2. The molecular formula is C22H27N5O4S. The Labute approximate surface area is 187 Å². The molecule has 0 bridgehead atoms. The van der Waals surface area contributed by atoms with E-state index in [0.717, 1.165) is 22.2 Å². The number of hydrogen-bond acceptors (Lipinski definition) is 6. The van der Waals surface area contributed by atoms with Crippen molar-refractivity contribution in [3.8, 4) is 5.88 Å². The van der Waals surface area contributed by atoms with Crippen molar-refractivity contribution in [2.45, 2.75) is 19.6 Å². The number of rotatable bonds is 6. The summed E-state index contributed by atoms with van der Waals surface area (Å²) in [5.74, 6) is 0.149. The molecule has 0 unspecified atom stereocenters. The van der Waals surface area contributed by atoms with E-state index < -0.39 is 10.0 Å². The molecule has 32 heavy (non-hydrogen) atoms. The molecule has 170 valence electrons. The molecule has 0 radical (unpaired) electrons. The molecule has 4 rings (SSSR count). The van der Waals surface area contributed by atoms with Gasteiger partial charge in [0.1, 0.15) is 0 Å². The van der Waals surface area contributed by atoms with Crippen molar-refractivity contribution in [3.63, 3.8) is 0 Å². The summed E-state index contributed by atoms with van der Waals surface area (Å²) in [5, 5.41) is 5.16. The summed E-state index contributed by atoms with van der Waals surface area (Å²) < 4.78 is 34.3. The van der Waals surface area contributed by atoms with Crippen LogP contribution in [0.5, 0.6) is 5.88 Å². The molecule has 0 aliphatic carbocycles. The molecule has 0 atom stereocenters. The fourth-order valence-corrected chi connectivity index (χ4v) is 5.48. The van der Waals surface area contributed by atoms with Crippen molar-refractivity contribution in [1.29, 1.82) is 0 Å². The summed E-state index contributed by atoms with van der Waals surface area (Å²) in [4.78, 5) is 18.8. The van der Waals surface area contributed by atoms with Gasteiger partial charge in [-0.05, 0) is 31.0 Å². The van der Waals surface area contributed by atoms with Crippen molar-refractivity contribution in [1.82, 2.24) is 24.0 Å². The van der Waals surface area contributed by atoms with E-state index >= 15 is 0 Å². The highest BCUT2D eigenvalue weighted by Crippen LogP contribution is 2.27. The number of benzene rings is 1. The van der Waals surface area contributed by atoms with Gasteiger partial charge in [-0.25, -0.2) is 18.1 Å². The van der Waals surface area contributed by atoms with Gasteiger partial charge < -0.3 is 9.64 Å². The maximum Gasteiger partial charge on any atom is 0.260 e. The van der Waals surface area contributed by atoms with Gasteiger partial charge in [0.25, 0.3) is 5.91 Å². The van der Waals surface area contributed by atoms with Crippen LogP contribution in [-0.2, 0) is 27.6 Å². The Morgan fingerprint density at radius 2 is 1.78 bits per heavy atom. The zero-order valence-corrected chi connectivity index (χ0v) is 19.3. The lowest BCUT2D eigenvalue weighted by Crippen LogP contribution is -2.51. The molecule has 2 aromatic heterocycles. The summed E-state index contributed by atoms with van der Waals surface area (Å²) in [6.07, 6.45) is 0. The summed E-state index contributed by atoms with van der Waals surface area (Å²) >= 11 is 0. The number of hydrogen-bond donors (Lipinski definition) is 0. The fraction of sp³-hybridized carbons (Fsp3) is 0.409. The van der Waals surface area contributed by atoms with Gasteiger partial charge >= 0.3 is 0 Å². The van der Waals surface area contributed by atoms with Crippen molar-refractivity contribution >= 4 is 27.0 Å². The number of amides is 1. The van der Waals surface area contributed by atoms with E-state index in [4.69, 9.17) is 4.74 Å². The fourth-order valence-electron chi connectivity index (χ4n) is 3.96. The molecule has 1 fully saturated rings. The zero-order valence-electron chi connectivity index (χ0n) is 18.5. The molecular weight excluding hydrogens is 430 g/mol. The highest BCUT2D eigenvalue weighted by atomic mass is 32.2. The maximum absolute atomic E-state index is 12.7. The molecule has 3 heterocycles. The van der Waals surface area contributed by atoms with Crippen molar-refractivity contribution in [2.24, 2.45) is 7.05 Å². The Bertz CT molecular complexity index is 1230. The average Bonchev–Trinajstić information content (AvgIpc) is 3.08. The van der Waals surface area contributed by atoms with Gasteiger partial charge in [-0.3, -0.25) is 4.79 Å². The summed E-state index contributed by atoms with van der Waals surface area (Å²) in [7, 11) is -1.64. The number of piperazine rings is 1. The summed E-state index contributed by atoms with van der Waals surface area (Å²) in [5.41, 5.74) is 3.34. The Hall–Kier alpha value is -2.98. The third kappa shape index (κ3) is 4.61. The molecule has 1 saturated heterocycles. The van der Waals surface area contributed by atoms with E-state index in [0.29, 0.717) is 24.6 Å². The van der Waals surface area contributed by atoms with E-state index in [1.165, 1.54) is 4.31 Å². The van der Waals surface area contributed by atoms with E-state index in [2.05, 4.69) is 10.1 Å². The molecule has 1 aliphatic rings. The number of pyridine rings is 1. The minimum Gasteiger partial charge on any atom is -0.466 e.